The SMILES string of the molecule is N#Cc1ccc(C2COCCN(Cc3ccccc3)C2)cc1. The predicted molar refractivity (Wildman–Crippen MR) is 86.4 cm³/mol. The van der Waals surface area contributed by atoms with Gasteiger partial charge in [0.2, 0.25) is 0 Å². The second-order valence-electron chi connectivity index (χ2n) is 5.73. The number of rotatable bonds is 3. The van der Waals surface area contributed by atoms with Crippen LogP contribution in [-0.2, 0) is 11.3 Å². The van der Waals surface area contributed by atoms with Gasteiger partial charge in [-0.05, 0) is 23.3 Å². The first-order chi connectivity index (χ1) is 10.8. The highest BCUT2D eigenvalue weighted by Gasteiger charge is 2.20. The lowest BCUT2D eigenvalue weighted by molar-refractivity contribution is 0.134. The number of benzene rings is 2. The summed E-state index contributed by atoms with van der Waals surface area (Å²) in [4.78, 5) is 2.45. The van der Waals surface area contributed by atoms with E-state index >= 15 is 0 Å². The fraction of sp³-hybridized carbons (Fsp3) is 0.316. The van der Waals surface area contributed by atoms with Crippen LogP contribution in [0.1, 0.15) is 22.6 Å². The number of ether oxygens (including phenoxy) is 1. The Balaban J connectivity index is 1.70. The second kappa shape index (κ2) is 7.22. The molecule has 1 unspecified atom stereocenters. The molecule has 0 saturated carbocycles. The Morgan fingerprint density at radius 2 is 1.86 bits per heavy atom. The molecule has 2 aromatic carbocycles. The molecule has 3 rings (SSSR count). The molecule has 22 heavy (non-hydrogen) atoms. The molecular weight excluding hydrogens is 272 g/mol. The van der Waals surface area contributed by atoms with Crippen LogP contribution in [-0.4, -0.2) is 31.2 Å². The number of hydrogen-bond acceptors (Lipinski definition) is 3. The molecule has 0 spiro atoms. The molecule has 1 atom stereocenters. The fourth-order valence-corrected chi connectivity index (χ4v) is 2.89. The average Bonchev–Trinajstić information content (AvgIpc) is 2.81. The highest BCUT2D eigenvalue weighted by atomic mass is 16.5. The highest BCUT2D eigenvalue weighted by molar-refractivity contribution is 5.33. The van der Waals surface area contributed by atoms with Crippen molar-refractivity contribution in [3.05, 3.63) is 71.3 Å². The molecule has 0 amide bonds. The van der Waals surface area contributed by atoms with Gasteiger partial charge in [-0.2, -0.15) is 5.26 Å². The molecule has 3 heteroatoms. The van der Waals surface area contributed by atoms with Crippen molar-refractivity contribution in [3.63, 3.8) is 0 Å². The number of nitriles is 1. The van der Waals surface area contributed by atoms with Gasteiger partial charge in [0.25, 0.3) is 0 Å². The fourth-order valence-electron chi connectivity index (χ4n) is 2.89. The zero-order valence-corrected chi connectivity index (χ0v) is 12.6. The molecule has 2 aromatic rings. The summed E-state index contributed by atoms with van der Waals surface area (Å²) in [6.45, 7) is 4.43. The van der Waals surface area contributed by atoms with Crippen molar-refractivity contribution in [2.24, 2.45) is 0 Å². The van der Waals surface area contributed by atoms with E-state index in [0.717, 1.165) is 32.8 Å². The van der Waals surface area contributed by atoms with Crippen LogP contribution in [0.25, 0.3) is 0 Å². The summed E-state index contributed by atoms with van der Waals surface area (Å²) in [6.07, 6.45) is 0. The summed E-state index contributed by atoms with van der Waals surface area (Å²) >= 11 is 0. The van der Waals surface area contributed by atoms with E-state index in [2.05, 4.69) is 53.4 Å². The Morgan fingerprint density at radius 1 is 1.09 bits per heavy atom. The summed E-state index contributed by atoms with van der Waals surface area (Å²) in [6, 6.07) is 20.6. The van der Waals surface area contributed by atoms with Crippen LogP contribution in [0.3, 0.4) is 0 Å². The molecule has 1 aliphatic rings. The zero-order valence-electron chi connectivity index (χ0n) is 12.6. The highest BCUT2D eigenvalue weighted by Crippen LogP contribution is 2.21. The van der Waals surface area contributed by atoms with Crippen LogP contribution < -0.4 is 0 Å². The quantitative estimate of drug-likeness (QED) is 0.872. The maximum absolute atomic E-state index is 8.91. The lowest BCUT2D eigenvalue weighted by Gasteiger charge is -2.23. The lowest BCUT2D eigenvalue weighted by Crippen LogP contribution is -2.28. The minimum atomic E-state index is 0.360. The molecular formula is C19H20N2O. The Bertz CT molecular complexity index is 631. The summed E-state index contributed by atoms with van der Waals surface area (Å²) in [7, 11) is 0. The molecule has 1 saturated heterocycles. The summed E-state index contributed by atoms with van der Waals surface area (Å²) < 4.78 is 5.78. The first-order valence-corrected chi connectivity index (χ1v) is 7.69. The van der Waals surface area contributed by atoms with Crippen LogP contribution in [0, 0.1) is 11.3 Å². The van der Waals surface area contributed by atoms with Gasteiger partial charge in [0.05, 0.1) is 24.8 Å². The van der Waals surface area contributed by atoms with Crippen LogP contribution in [0.15, 0.2) is 54.6 Å². The van der Waals surface area contributed by atoms with Gasteiger partial charge in [0.1, 0.15) is 0 Å². The third-order valence-corrected chi connectivity index (χ3v) is 4.11. The van der Waals surface area contributed by atoms with Gasteiger partial charge < -0.3 is 4.74 Å². The third-order valence-electron chi connectivity index (χ3n) is 4.11. The first kappa shape index (κ1) is 14.8. The molecule has 112 valence electrons. The van der Waals surface area contributed by atoms with E-state index in [4.69, 9.17) is 10.00 Å². The topological polar surface area (TPSA) is 36.3 Å². The Hall–Kier alpha value is -2.15. The maximum atomic E-state index is 8.91. The van der Waals surface area contributed by atoms with Crippen molar-refractivity contribution in [2.45, 2.75) is 12.5 Å². The van der Waals surface area contributed by atoms with E-state index in [1.165, 1.54) is 11.1 Å². The van der Waals surface area contributed by atoms with E-state index < -0.39 is 0 Å². The van der Waals surface area contributed by atoms with E-state index in [0.29, 0.717) is 11.5 Å². The molecule has 1 fully saturated rings. The van der Waals surface area contributed by atoms with Gasteiger partial charge in [-0.1, -0.05) is 42.5 Å². The smallest absolute Gasteiger partial charge is 0.0991 e. The third kappa shape index (κ3) is 3.73. The van der Waals surface area contributed by atoms with Gasteiger partial charge in [0.15, 0.2) is 0 Å². The molecule has 1 aliphatic heterocycles. The van der Waals surface area contributed by atoms with Crippen molar-refractivity contribution < 1.29 is 4.74 Å². The molecule has 0 radical (unpaired) electrons. The minimum Gasteiger partial charge on any atom is -0.379 e. The van der Waals surface area contributed by atoms with E-state index in [1.807, 2.05) is 12.1 Å². The van der Waals surface area contributed by atoms with Crippen LogP contribution in [0.4, 0.5) is 0 Å². The molecule has 0 aromatic heterocycles. The van der Waals surface area contributed by atoms with E-state index in [-0.39, 0.29) is 0 Å². The normalized spacial score (nSPS) is 19.3. The molecule has 0 bridgehead atoms. The molecule has 0 aliphatic carbocycles. The predicted octanol–water partition coefficient (Wildman–Crippen LogP) is 3.17. The van der Waals surface area contributed by atoms with Crippen molar-refractivity contribution in [2.75, 3.05) is 26.3 Å². The van der Waals surface area contributed by atoms with Crippen molar-refractivity contribution in [3.8, 4) is 6.07 Å². The Labute approximate surface area is 131 Å². The first-order valence-electron chi connectivity index (χ1n) is 7.69. The molecule has 3 nitrogen and oxygen atoms in total. The van der Waals surface area contributed by atoms with Crippen LogP contribution in [0.2, 0.25) is 0 Å². The summed E-state index contributed by atoms with van der Waals surface area (Å²) in [5, 5.41) is 8.91. The lowest BCUT2D eigenvalue weighted by atomic mass is 9.98. The maximum Gasteiger partial charge on any atom is 0.0991 e. The largest absolute Gasteiger partial charge is 0.379 e. The van der Waals surface area contributed by atoms with Crippen LogP contribution >= 0.6 is 0 Å². The number of hydrogen-bond donors (Lipinski definition) is 0. The second-order valence-corrected chi connectivity index (χ2v) is 5.73. The molecule has 0 N–H and O–H groups in total. The van der Waals surface area contributed by atoms with Gasteiger partial charge in [0, 0.05) is 25.6 Å². The van der Waals surface area contributed by atoms with Crippen molar-refractivity contribution in [1.82, 2.24) is 4.90 Å². The minimum absolute atomic E-state index is 0.360. The number of nitrogens with zero attached hydrogens (tertiary/aromatic N) is 2. The van der Waals surface area contributed by atoms with Crippen LogP contribution in [0.5, 0.6) is 0 Å². The van der Waals surface area contributed by atoms with Gasteiger partial charge in [-0.15, -0.1) is 0 Å². The van der Waals surface area contributed by atoms with Crippen molar-refractivity contribution in [1.29, 1.82) is 5.26 Å². The van der Waals surface area contributed by atoms with Crippen molar-refractivity contribution >= 4 is 0 Å². The molecule has 1 heterocycles. The zero-order chi connectivity index (χ0) is 15.2. The van der Waals surface area contributed by atoms with Gasteiger partial charge >= 0.3 is 0 Å². The van der Waals surface area contributed by atoms with Gasteiger partial charge in [-0.25, -0.2) is 0 Å². The summed E-state index contributed by atoms with van der Waals surface area (Å²) in [5.41, 5.74) is 3.29. The standard InChI is InChI=1S/C19H20N2O/c20-12-16-6-8-18(9-7-16)19-14-21(10-11-22-15-19)13-17-4-2-1-3-5-17/h1-9,19H,10-11,13-15H2. The van der Waals surface area contributed by atoms with E-state index in [1.54, 1.807) is 0 Å². The van der Waals surface area contributed by atoms with E-state index in [9.17, 15) is 0 Å². The average molecular weight is 292 g/mol. The van der Waals surface area contributed by atoms with Gasteiger partial charge in [-0.3, -0.25) is 4.90 Å². The summed E-state index contributed by atoms with van der Waals surface area (Å²) in [5.74, 6) is 0.360. The monoisotopic (exact) mass is 292 g/mol. The Morgan fingerprint density at radius 3 is 2.59 bits per heavy atom. The Kier molecular flexibility index (Phi) is 4.85.